The van der Waals surface area contributed by atoms with Crippen molar-refractivity contribution in [2.45, 2.75) is 40.3 Å². The van der Waals surface area contributed by atoms with Gasteiger partial charge >= 0.3 is 6.03 Å². The van der Waals surface area contributed by atoms with E-state index in [1.54, 1.807) is 27.9 Å². The van der Waals surface area contributed by atoms with Crippen LogP contribution in [-0.4, -0.2) is 72.6 Å². The summed E-state index contributed by atoms with van der Waals surface area (Å²) in [5.41, 5.74) is 4.72. The molecule has 210 valence electrons. The van der Waals surface area contributed by atoms with Gasteiger partial charge in [0.05, 0.1) is 18.7 Å². The molecule has 1 atom stereocenters. The van der Waals surface area contributed by atoms with Gasteiger partial charge in [-0.15, -0.1) is 0 Å². The lowest BCUT2D eigenvalue weighted by Crippen LogP contribution is -2.49. The van der Waals surface area contributed by atoms with Crippen LogP contribution in [0, 0.1) is 26.6 Å². The van der Waals surface area contributed by atoms with Gasteiger partial charge in [0.1, 0.15) is 17.4 Å². The Labute approximate surface area is 235 Å². The third-order valence-corrected chi connectivity index (χ3v) is 7.89. The largest absolute Gasteiger partial charge is 0.497 e. The maximum absolute atomic E-state index is 15.3. The van der Waals surface area contributed by atoms with Crippen LogP contribution in [0.4, 0.5) is 20.7 Å². The van der Waals surface area contributed by atoms with E-state index in [1.165, 1.54) is 12.1 Å². The summed E-state index contributed by atoms with van der Waals surface area (Å²) in [6, 6.07) is 13.9. The van der Waals surface area contributed by atoms with Crippen LogP contribution in [0.15, 0.2) is 48.5 Å². The molecule has 0 spiro atoms. The van der Waals surface area contributed by atoms with E-state index in [1.807, 2.05) is 45.0 Å². The average molecular weight is 546 g/mol. The van der Waals surface area contributed by atoms with Crippen molar-refractivity contribution in [2.24, 2.45) is 0 Å². The number of rotatable bonds is 6. The fourth-order valence-corrected chi connectivity index (χ4v) is 5.54. The number of methoxy groups -OCH3 is 1. The second kappa shape index (κ2) is 11.2. The number of aromatic nitrogens is 1. The van der Waals surface area contributed by atoms with Crippen LogP contribution in [-0.2, 0) is 6.54 Å². The first kappa shape index (κ1) is 27.4. The molecule has 0 saturated carbocycles. The Kier molecular flexibility index (Phi) is 7.65. The predicted octanol–water partition coefficient (Wildman–Crippen LogP) is 4.95. The minimum absolute atomic E-state index is 0.0204. The Morgan fingerprint density at radius 1 is 1.00 bits per heavy atom. The minimum atomic E-state index is -0.620. The van der Waals surface area contributed by atoms with Crippen molar-refractivity contribution < 1.29 is 18.7 Å². The molecule has 2 aromatic carbocycles. The second-order valence-corrected chi connectivity index (χ2v) is 10.7. The zero-order chi connectivity index (χ0) is 28.6. The summed E-state index contributed by atoms with van der Waals surface area (Å²) in [7, 11) is 1.61. The summed E-state index contributed by atoms with van der Waals surface area (Å²) in [5, 5.41) is 0. The molecule has 2 saturated heterocycles. The van der Waals surface area contributed by atoms with Gasteiger partial charge in [0.15, 0.2) is 0 Å². The summed E-state index contributed by atoms with van der Waals surface area (Å²) in [5.74, 6) is 0.740. The van der Waals surface area contributed by atoms with Gasteiger partial charge in [-0.25, -0.2) is 14.2 Å². The number of benzene rings is 2. The van der Waals surface area contributed by atoms with Crippen molar-refractivity contribution >= 4 is 23.4 Å². The van der Waals surface area contributed by atoms with Crippen molar-refractivity contribution in [3.63, 3.8) is 0 Å². The lowest BCUT2D eigenvalue weighted by Gasteiger charge is -2.36. The SMILES string of the molecule is COc1ccc(CN2CC(C)N(c3ccc(C(=O)N4CCN(c5nc(C)c(C)cc5C)CC4)c(F)c3)C2=O)cc1. The van der Waals surface area contributed by atoms with E-state index in [9.17, 15) is 9.59 Å². The molecule has 3 heterocycles. The predicted molar refractivity (Wildman–Crippen MR) is 154 cm³/mol. The van der Waals surface area contributed by atoms with Crippen LogP contribution in [0.25, 0.3) is 0 Å². The molecule has 5 rings (SSSR count). The normalized spacial score (nSPS) is 17.6. The van der Waals surface area contributed by atoms with Crippen LogP contribution in [0.3, 0.4) is 0 Å². The number of urea groups is 1. The molecular weight excluding hydrogens is 509 g/mol. The molecule has 2 aliphatic rings. The number of anilines is 2. The highest BCUT2D eigenvalue weighted by Gasteiger charge is 2.36. The van der Waals surface area contributed by atoms with E-state index in [4.69, 9.17) is 9.72 Å². The Balaban J connectivity index is 1.24. The van der Waals surface area contributed by atoms with Gasteiger partial charge < -0.3 is 19.4 Å². The minimum Gasteiger partial charge on any atom is -0.497 e. The van der Waals surface area contributed by atoms with E-state index in [-0.39, 0.29) is 23.5 Å². The zero-order valence-corrected chi connectivity index (χ0v) is 23.8. The molecule has 0 N–H and O–H groups in total. The number of piperazine rings is 1. The van der Waals surface area contributed by atoms with Crippen LogP contribution in [0.5, 0.6) is 5.75 Å². The number of hydrogen-bond acceptors (Lipinski definition) is 5. The second-order valence-electron chi connectivity index (χ2n) is 10.7. The maximum atomic E-state index is 15.3. The van der Waals surface area contributed by atoms with Crippen molar-refractivity contribution in [3.8, 4) is 5.75 Å². The van der Waals surface area contributed by atoms with Crippen molar-refractivity contribution in [2.75, 3.05) is 49.6 Å². The van der Waals surface area contributed by atoms with E-state index in [0.29, 0.717) is 45.0 Å². The Hall–Kier alpha value is -4.14. The van der Waals surface area contributed by atoms with Gasteiger partial charge in [-0.1, -0.05) is 18.2 Å². The molecule has 9 heteroatoms. The molecule has 0 bridgehead atoms. The summed E-state index contributed by atoms with van der Waals surface area (Å²) < 4.78 is 20.5. The first-order valence-electron chi connectivity index (χ1n) is 13.7. The van der Waals surface area contributed by atoms with E-state index < -0.39 is 5.82 Å². The Morgan fingerprint density at radius 2 is 1.70 bits per heavy atom. The van der Waals surface area contributed by atoms with Crippen molar-refractivity contribution in [3.05, 3.63) is 82.3 Å². The molecule has 1 unspecified atom stereocenters. The van der Waals surface area contributed by atoms with Crippen LogP contribution < -0.4 is 14.5 Å². The molecule has 3 aromatic rings. The van der Waals surface area contributed by atoms with Crippen LogP contribution >= 0.6 is 0 Å². The standard InChI is InChI=1S/C31H36FN5O3/c1-20-16-21(2)29(33-23(20)4)34-12-14-35(15-13-34)30(38)27-11-8-25(17-28(27)32)37-22(3)18-36(31(37)39)19-24-6-9-26(40-5)10-7-24/h6-11,16-17,22H,12-15,18-19H2,1-5H3. The quantitative estimate of drug-likeness (QED) is 0.439. The highest BCUT2D eigenvalue weighted by atomic mass is 19.1. The highest BCUT2D eigenvalue weighted by molar-refractivity contribution is 5.97. The molecule has 1 aromatic heterocycles. The monoisotopic (exact) mass is 545 g/mol. The smallest absolute Gasteiger partial charge is 0.325 e. The summed E-state index contributed by atoms with van der Waals surface area (Å²) in [4.78, 5) is 38.5. The lowest BCUT2D eigenvalue weighted by atomic mass is 10.1. The number of amides is 3. The Morgan fingerprint density at radius 3 is 2.35 bits per heavy atom. The molecule has 2 fully saturated rings. The van der Waals surface area contributed by atoms with Gasteiger partial charge in [-0.05, 0) is 74.7 Å². The number of hydrogen-bond donors (Lipinski definition) is 0. The first-order chi connectivity index (χ1) is 19.2. The van der Waals surface area contributed by atoms with Crippen molar-refractivity contribution in [1.29, 1.82) is 0 Å². The number of ether oxygens (including phenoxy) is 1. The number of halogens is 1. The van der Waals surface area contributed by atoms with Gasteiger partial charge in [-0.3, -0.25) is 9.69 Å². The lowest BCUT2D eigenvalue weighted by molar-refractivity contribution is 0.0742. The summed E-state index contributed by atoms with van der Waals surface area (Å²) in [6.07, 6.45) is 0. The molecule has 3 amide bonds. The number of carbonyl (C=O) groups is 2. The average Bonchev–Trinajstić information content (AvgIpc) is 3.22. The number of pyridine rings is 1. The summed E-state index contributed by atoms with van der Waals surface area (Å²) >= 11 is 0. The van der Waals surface area contributed by atoms with Crippen LogP contribution in [0.1, 0.15) is 39.7 Å². The fraction of sp³-hybridized carbons (Fsp3) is 0.387. The van der Waals surface area contributed by atoms with E-state index in [0.717, 1.165) is 34.0 Å². The van der Waals surface area contributed by atoms with Gasteiger partial charge in [0, 0.05) is 50.6 Å². The van der Waals surface area contributed by atoms with Gasteiger partial charge in [0.2, 0.25) is 0 Å². The maximum Gasteiger partial charge on any atom is 0.325 e. The van der Waals surface area contributed by atoms with Gasteiger partial charge in [-0.2, -0.15) is 0 Å². The molecule has 40 heavy (non-hydrogen) atoms. The van der Waals surface area contributed by atoms with E-state index in [2.05, 4.69) is 17.9 Å². The zero-order valence-electron chi connectivity index (χ0n) is 23.8. The number of aryl methyl sites for hydroxylation is 3. The van der Waals surface area contributed by atoms with Crippen molar-refractivity contribution in [1.82, 2.24) is 14.8 Å². The molecule has 8 nitrogen and oxygen atoms in total. The fourth-order valence-electron chi connectivity index (χ4n) is 5.54. The Bertz CT molecular complexity index is 1420. The summed E-state index contributed by atoms with van der Waals surface area (Å²) in [6.45, 7) is 11.2. The molecular formula is C31H36FN5O3. The third-order valence-electron chi connectivity index (χ3n) is 7.89. The number of carbonyl (C=O) groups excluding carboxylic acids is 2. The molecule has 0 aliphatic carbocycles. The number of nitrogens with zero attached hydrogens (tertiary/aromatic N) is 5. The topological polar surface area (TPSA) is 69.2 Å². The van der Waals surface area contributed by atoms with Crippen LogP contribution in [0.2, 0.25) is 0 Å². The highest BCUT2D eigenvalue weighted by Crippen LogP contribution is 2.29. The van der Waals surface area contributed by atoms with Gasteiger partial charge in [0.25, 0.3) is 5.91 Å². The molecule has 2 aliphatic heterocycles. The third kappa shape index (κ3) is 5.33. The van der Waals surface area contributed by atoms with E-state index >= 15 is 4.39 Å². The molecule has 0 radical (unpaired) electrons. The first-order valence-corrected chi connectivity index (χ1v) is 13.7.